The highest BCUT2D eigenvalue weighted by Crippen LogP contribution is 2.19. The molecular weight excluding hydrogens is 138 g/mol. The van der Waals surface area contributed by atoms with Gasteiger partial charge in [-0.05, 0) is 6.42 Å². The maximum Gasteiger partial charge on any atom is 0.109 e. The van der Waals surface area contributed by atoms with Crippen LogP contribution >= 0.6 is 0 Å². The molecule has 0 saturated carbocycles. The number of aromatic nitrogens is 2. The zero-order valence-corrected chi connectivity index (χ0v) is 5.91. The van der Waals surface area contributed by atoms with Crippen LogP contribution in [-0.4, -0.2) is 16.0 Å². The van der Waals surface area contributed by atoms with Crippen molar-refractivity contribution in [2.75, 3.05) is 0 Å². The van der Waals surface area contributed by atoms with E-state index in [9.17, 15) is 0 Å². The van der Waals surface area contributed by atoms with E-state index in [0.29, 0.717) is 6.04 Å². The number of hydrogen-bond donors (Lipinski definition) is 1. The molecule has 3 rings (SSSR count). The van der Waals surface area contributed by atoms with Gasteiger partial charge in [0.05, 0.1) is 17.1 Å². The molecule has 0 radical (unpaired) electrons. The number of hydrogen-bond acceptors (Lipinski definition) is 3. The van der Waals surface area contributed by atoms with Gasteiger partial charge in [-0.2, -0.15) is 0 Å². The summed E-state index contributed by atoms with van der Waals surface area (Å²) in [5.74, 6) is 0. The van der Waals surface area contributed by atoms with Crippen LogP contribution in [0.1, 0.15) is 6.42 Å². The van der Waals surface area contributed by atoms with E-state index in [0.717, 1.165) is 17.1 Å². The standard InChI is InChI=1S/C8H7N3/c1-2-6-8(11-6)7-5(1)9-3-4-10-7/h1,3-4,6,11H,2H2. The summed E-state index contributed by atoms with van der Waals surface area (Å²) >= 11 is 0. The van der Waals surface area contributed by atoms with Crippen molar-refractivity contribution in [2.45, 2.75) is 12.5 Å². The van der Waals surface area contributed by atoms with Crippen molar-refractivity contribution >= 4 is 11.8 Å². The summed E-state index contributed by atoms with van der Waals surface area (Å²) in [7, 11) is 0. The molecule has 0 spiro atoms. The lowest BCUT2D eigenvalue weighted by Gasteiger charge is -1.92. The van der Waals surface area contributed by atoms with E-state index < -0.39 is 0 Å². The smallest absolute Gasteiger partial charge is 0.109 e. The lowest BCUT2D eigenvalue weighted by atomic mass is 10.2. The van der Waals surface area contributed by atoms with Crippen molar-refractivity contribution in [3.63, 3.8) is 0 Å². The van der Waals surface area contributed by atoms with Gasteiger partial charge in [0.1, 0.15) is 5.35 Å². The molecule has 54 valence electrons. The fourth-order valence-electron chi connectivity index (χ4n) is 1.49. The van der Waals surface area contributed by atoms with Gasteiger partial charge in [-0.25, -0.2) is 0 Å². The van der Waals surface area contributed by atoms with Crippen molar-refractivity contribution < 1.29 is 0 Å². The van der Waals surface area contributed by atoms with Crippen molar-refractivity contribution in [1.29, 1.82) is 0 Å². The van der Waals surface area contributed by atoms with Gasteiger partial charge in [-0.1, -0.05) is 6.08 Å². The molecule has 1 aliphatic heterocycles. The number of nitrogens with zero attached hydrogens (tertiary/aromatic N) is 2. The van der Waals surface area contributed by atoms with Crippen molar-refractivity contribution in [1.82, 2.24) is 15.3 Å². The first-order valence-corrected chi connectivity index (χ1v) is 3.73. The fourth-order valence-corrected chi connectivity index (χ4v) is 1.49. The Balaban J connectivity index is 2.53. The van der Waals surface area contributed by atoms with Crippen LogP contribution in [0.2, 0.25) is 0 Å². The molecule has 1 aromatic heterocycles. The second-order valence-corrected chi connectivity index (χ2v) is 2.84. The van der Waals surface area contributed by atoms with Crippen LogP contribution in [0.4, 0.5) is 0 Å². The van der Waals surface area contributed by atoms with E-state index in [1.54, 1.807) is 12.4 Å². The van der Waals surface area contributed by atoms with E-state index in [4.69, 9.17) is 0 Å². The molecule has 1 aromatic rings. The second-order valence-electron chi connectivity index (χ2n) is 2.84. The van der Waals surface area contributed by atoms with Crippen molar-refractivity contribution in [2.24, 2.45) is 0 Å². The Bertz CT molecular complexity index is 421. The predicted molar refractivity (Wildman–Crippen MR) is 40.7 cm³/mol. The molecule has 1 N–H and O–H groups in total. The molecule has 0 aromatic carbocycles. The van der Waals surface area contributed by atoms with Gasteiger partial charge >= 0.3 is 0 Å². The maximum atomic E-state index is 4.25. The molecule has 1 saturated heterocycles. The van der Waals surface area contributed by atoms with Gasteiger partial charge in [0.25, 0.3) is 0 Å². The van der Waals surface area contributed by atoms with E-state index in [1.807, 2.05) is 0 Å². The zero-order chi connectivity index (χ0) is 7.26. The highest BCUT2D eigenvalue weighted by Gasteiger charge is 2.31. The van der Waals surface area contributed by atoms with Crippen molar-refractivity contribution in [3.8, 4) is 0 Å². The summed E-state index contributed by atoms with van der Waals surface area (Å²) in [5, 5.41) is 5.35. The molecule has 0 bridgehead atoms. The number of rotatable bonds is 0. The normalized spacial score (nSPS) is 24.4. The van der Waals surface area contributed by atoms with Gasteiger partial charge in [0, 0.05) is 12.4 Å². The highest BCUT2D eigenvalue weighted by atomic mass is 15.1. The lowest BCUT2D eigenvalue weighted by molar-refractivity contribution is 0.981. The third-order valence-electron chi connectivity index (χ3n) is 2.12. The van der Waals surface area contributed by atoms with Gasteiger partial charge in [-0.15, -0.1) is 0 Å². The molecule has 1 unspecified atom stereocenters. The summed E-state index contributed by atoms with van der Waals surface area (Å²) in [6, 6.07) is 0.569. The minimum atomic E-state index is 0.569. The summed E-state index contributed by atoms with van der Waals surface area (Å²) in [6.45, 7) is 0. The van der Waals surface area contributed by atoms with Gasteiger partial charge in [0.15, 0.2) is 0 Å². The average Bonchev–Trinajstić information content (AvgIpc) is 2.83. The largest absolute Gasteiger partial charge is 0.376 e. The Morgan fingerprint density at radius 1 is 1.36 bits per heavy atom. The first kappa shape index (κ1) is 5.29. The molecule has 3 nitrogen and oxygen atoms in total. The summed E-state index contributed by atoms with van der Waals surface area (Å²) in [5.41, 5.74) is 1.27. The quantitative estimate of drug-likeness (QED) is 0.463. The predicted octanol–water partition coefficient (Wildman–Crippen LogP) is -1.26. The Morgan fingerprint density at radius 2 is 2.27 bits per heavy atom. The minimum Gasteiger partial charge on any atom is -0.376 e. The van der Waals surface area contributed by atoms with Gasteiger partial charge < -0.3 is 5.32 Å². The molecule has 11 heavy (non-hydrogen) atoms. The van der Waals surface area contributed by atoms with Crippen LogP contribution < -0.4 is 16.0 Å². The first-order valence-electron chi connectivity index (χ1n) is 3.73. The Labute approximate surface area is 63.5 Å². The molecular formula is C8H7N3. The molecule has 2 heterocycles. The third kappa shape index (κ3) is 0.623. The summed E-state index contributed by atoms with van der Waals surface area (Å²) < 4.78 is 0. The Hall–Kier alpha value is -1.38. The SMILES string of the molecule is C1=c2nccnc2=C2NC2C1. The maximum absolute atomic E-state index is 4.25. The van der Waals surface area contributed by atoms with Crippen LogP contribution in [-0.2, 0) is 0 Å². The fraction of sp³-hybridized carbons (Fsp3) is 0.250. The number of nitrogens with one attached hydrogen (secondary N) is 1. The topological polar surface area (TPSA) is 47.7 Å². The van der Waals surface area contributed by atoms with Crippen LogP contribution in [0.25, 0.3) is 11.8 Å². The monoisotopic (exact) mass is 145 g/mol. The summed E-state index contributed by atoms with van der Waals surface area (Å²) in [4.78, 5) is 8.47. The summed E-state index contributed by atoms with van der Waals surface area (Å²) in [6.07, 6.45) is 6.68. The van der Waals surface area contributed by atoms with Crippen LogP contribution in [0.3, 0.4) is 0 Å². The highest BCUT2D eigenvalue weighted by molar-refractivity contribution is 5.66. The lowest BCUT2D eigenvalue weighted by Crippen LogP contribution is -2.33. The molecule has 3 heteroatoms. The Kier molecular flexibility index (Phi) is 0.776. The van der Waals surface area contributed by atoms with E-state index >= 15 is 0 Å². The van der Waals surface area contributed by atoms with Crippen molar-refractivity contribution in [3.05, 3.63) is 23.1 Å². The minimum absolute atomic E-state index is 0.569. The first-order chi connectivity index (χ1) is 5.45. The van der Waals surface area contributed by atoms with Gasteiger partial charge in [-0.3, -0.25) is 9.97 Å². The second kappa shape index (κ2) is 1.61. The van der Waals surface area contributed by atoms with E-state index in [1.165, 1.54) is 5.70 Å². The van der Waals surface area contributed by atoms with E-state index in [-0.39, 0.29) is 0 Å². The van der Waals surface area contributed by atoms with Crippen LogP contribution in [0.5, 0.6) is 0 Å². The zero-order valence-electron chi connectivity index (χ0n) is 5.91. The van der Waals surface area contributed by atoms with Crippen LogP contribution in [0.15, 0.2) is 12.4 Å². The number of fused-ring (bicyclic) bond motifs is 2. The molecule has 1 atom stereocenters. The van der Waals surface area contributed by atoms with Crippen LogP contribution in [0, 0.1) is 0 Å². The van der Waals surface area contributed by atoms with E-state index in [2.05, 4.69) is 21.4 Å². The molecule has 2 aliphatic rings. The molecule has 1 aliphatic carbocycles. The molecule has 0 amide bonds. The average molecular weight is 145 g/mol. The van der Waals surface area contributed by atoms with Gasteiger partial charge in [0.2, 0.25) is 0 Å². The third-order valence-corrected chi connectivity index (χ3v) is 2.12. The molecule has 1 fully saturated rings. The Morgan fingerprint density at radius 3 is 3.27 bits per heavy atom.